The van der Waals surface area contributed by atoms with Gasteiger partial charge in [0.15, 0.2) is 5.82 Å². The van der Waals surface area contributed by atoms with Crippen LogP contribution in [0.5, 0.6) is 0 Å². The van der Waals surface area contributed by atoms with E-state index in [1.807, 2.05) is 56.3 Å². The SMILES string of the molecule is CCc1nnc(-c2cccc(N3Cc4c(cc(N(C)C(C)C)nc4CN(C)C(=O)O)C3=O)n2)n1CC. The van der Waals surface area contributed by atoms with Crippen LogP contribution in [0.4, 0.5) is 16.4 Å². The van der Waals surface area contributed by atoms with Gasteiger partial charge in [0.2, 0.25) is 0 Å². The average Bonchev–Trinajstić information content (AvgIpc) is 3.44. The molecule has 1 aliphatic rings. The minimum absolute atomic E-state index is 0.0748. The number of amides is 2. The standard InChI is InChI=1S/C25H32N8O3/c1-7-20-28-29-23(32(20)8-2)18-10-9-11-21(26-18)33-13-17-16(24(33)34)12-22(31(6)15(3)4)27-19(17)14-30(5)25(35)36/h9-12,15H,7-8,13-14H2,1-6H3,(H,35,36). The maximum atomic E-state index is 13.6. The second-order valence-corrected chi connectivity index (χ2v) is 9.11. The van der Waals surface area contributed by atoms with Gasteiger partial charge in [-0.1, -0.05) is 13.0 Å². The number of anilines is 2. The Hall–Kier alpha value is -4.02. The summed E-state index contributed by atoms with van der Waals surface area (Å²) in [5.74, 6) is 2.46. The predicted molar refractivity (Wildman–Crippen MR) is 136 cm³/mol. The van der Waals surface area contributed by atoms with Crippen LogP contribution in [0.2, 0.25) is 0 Å². The minimum atomic E-state index is -1.06. The molecule has 0 bridgehead atoms. The van der Waals surface area contributed by atoms with Gasteiger partial charge in [-0.25, -0.2) is 14.8 Å². The zero-order valence-corrected chi connectivity index (χ0v) is 21.6. The van der Waals surface area contributed by atoms with E-state index in [0.717, 1.165) is 17.1 Å². The van der Waals surface area contributed by atoms with Crippen LogP contribution in [0, 0.1) is 0 Å². The van der Waals surface area contributed by atoms with Gasteiger partial charge in [0.25, 0.3) is 5.91 Å². The number of carbonyl (C=O) groups excluding carboxylic acids is 1. The molecule has 36 heavy (non-hydrogen) atoms. The van der Waals surface area contributed by atoms with Gasteiger partial charge >= 0.3 is 6.09 Å². The molecule has 0 fully saturated rings. The smallest absolute Gasteiger partial charge is 0.407 e. The first-order valence-electron chi connectivity index (χ1n) is 12.1. The maximum Gasteiger partial charge on any atom is 0.407 e. The monoisotopic (exact) mass is 492 g/mol. The second kappa shape index (κ2) is 9.92. The Bertz CT molecular complexity index is 1300. The van der Waals surface area contributed by atoms with Gasteiger partial charge < -0.3 is 19.5 Å². The first kappa shape index (κ1) is 25.1. The number of aromatic nitrogens is 5. The molecule has 11 nitrogen and oxygen atoms in total. The van der Waals surface area contributed by atoms with E-state index in [0.29, 0.717) is 46.5 Å². The molecule has 2 amide bonds. The number of pyridine rings is 2. The molecule has 1 N–H and O–H groups in total. The molecule has 1 aliphatic heterocycles. The summed E-state index contributed by atoms with van der Waals surface area (Å²) in [6, 6.07) is 7.43. The van der Waals surface area contributed by atoms with Crippen molar-refractivity contribution in [2.24, 2.45) is 0 Å². The summed E-state index contributed by atoms with van der Waals surface area (Å²) in [4.78, 5) is 39.4. The summed E-state index contributed by atoms with van der Waals surface area (Å²) in [7, 11) is 3.39. The molecule has 190 valence electrons. The van der Waals surface area contributed by atoms with Crippen LogP contribution >= 0.6 is 0 Å². The fourth-order valence-electron chi connectivity index (χ4n) is 4.22. The summed E-state index contributed by atoms with van der Waals surface area (Å²) in [6.45, 7) is 9.16. The van der Waals surface area contributed by atoms with Gasteiger partial charge in [0.05, 0.1) is 24.3 Å². The number of aryl methyl sites for hydroxylation is 1. The molecular weight excluding hydrogens is 460 g/mol. The molecule has 4 rings (SSSR count). The van der Waals surface area contributed by atoms with E-state index >= 15 is 0 Å². The largest absolute Gasteiger partial charge is 0.465 e. The van der Waals surface area contributed by atoms with Crippen LogP contribution in [0.1, 0.15) is 55.1 Å². The zero-order chi connectivity index (χ0) is 26.1. The lowest BCUT2D eigenvalue weighted by molar-refractivity contribution is 0.0996. The molecule has 0 aliphatic carbocycles. The van der Waals surface area contributed by atoms with Crippen molar-refractivity contribution < 1.29 is 14.7 Å². The molecule has 0 unspecified atom stereocenters. The van der Waals surface area contributed by atoms with Gasteiger partial charge in [-0.05, 0) is 39.0 Å². The van der Waals surface area contributed by atoms with Crippen molar-refractivity contribution in [2.45, 2.75) is 59.8 Å². The lowest BCUT2D eigenvalue weighted by atomic mass is 10.1. The fraction of sp³-hybridized carbons (Fsp3) is 0.440. The summed E-state index contributed by atoms with van der Waals surface area (Å²) in [6.07, 6.45) is -0.302. The Balaban J connectivity index is 1.75. The van der Waals surface area contributed by atoms with Crippen molar-refractivity contribution >= 4 is 23.6 Å². The van der Waals surface area contributed by atoms with Gasteiger partial charge in [0, 0.05) is 38.7 Å². The highest BCUT2D eigenvalue weighted by molar-refractivity contribution is 6.10. The third kappa shape index (κ3) is 4.48. The van der Waals surface area contributed by atoms with Crippen LogP contribution < -0.4 is 9.80 Å². The highest BCUT2D eigenvalue weighted by Gasteiger charge is 2.34. The van der Waals surface area contributed by atoms with Gasteiger partial charge in [-0.15, -0.1) is 10.2 Å². The molecular formula is C25H32N8O3. The van der Waals surface area contributed by atoms with Crippen molar-refractivity contribution in [1.29, 1.82) is 0 Å². The van der Waals surface area contributed by atoms with Crippen molar-refractivity contribution in [2.75, 3.05) is 23.9 Å². The fourth-order valence-corrected chi connectivity index (χ4v) is 4.22. The van der Waals surface area contributed by atoms with Crippen LogP contribution in [-0.2, 0) is 26.1 Å². The molecule has 11 heteroatoms. The molecule has 0 atom stereocenters. The number of nitrogens with zero attached hydrogens (tertiary/aromatic N) is 8. The highest BCUT2D eigenvalue weighted by Crippen LogP contribution is 2.33. The number of fused-ring (bicyclic) bond motifs is 1. The number of rotatable bonds is 8. The Kier molecular flexibility index (Phi) is 6.91. The molecule has 0 radical (unpaired) electrons. The van der Waals surface area contributed by atoms with E-state index in [-0.39, 0.29) is 25.0 Å². The highest BCUT2D eigenvalue weighted by atomic mass is 16.4. The van der Waals surface area contributed by atoms with Crippen LogP contribution in [0.25, 0.3) is 11.5 Å². The summed E-state index contributed by atoms with van der Waals surface area (Å²) < 4.78 is 2.02. The summed E-state index contributed by atoms with van der Waals surface area (Å²) >= 11 is 0. The Labute approximate surface area is 210 Å². The number of hydrogen-bond donors (Lipinski definition) is 1. The molecule has 3 aromatic heterocycles. The first-order valence-corrected chi connectivity index (χ1v) is 12.1. The molecule has 0 saturated heterocycles. The Morgan fingerprint density at radius 2 is 1.92 bits per heavy atom. The van der Waals surface area contributed by atoms with E-state index in [1.165, 1.54) is 7.05 Å². The van der Waals surface area contributed by atoms with E-state index < -0.39 is 6.09 Å². The first-order chi connectivity index (χ1) is 17.2. The average molecular weight is 493 g/mol. The van der Waals surface area contributed by atoms with Crippen LogP contribution in [0.3, 0.4) is 0 Å². The quantitative estimate of drug-likeness (QED) is 0.508. The minimum Gasteiger partial charge on any atom is -0.465 e. The maximum absolute atomic E-state index is 13.6. The lowest BCUT2D eigenvalue weighted by Gasteiger charge is -2.24. The molecule has 0 aromatic carbocycles. The van der Waals surface area contributed by atoms with Crippen molar-refractivity contribution in [3.05, 3.63) is 46.9 Å². The molecule has 3 aromatic rings. The normalized spacial score (nSPS) is 12.9. The van der Waals surface area contributed by atoms with Crippen LogP contribution in [-0.4, -0.2) is 66.9 Å². The van der Waals surface area contributed by atoms with E-state index in [2.05, 4.69) is 10.2 Å². The van der Waals surface area contributed by atoms with Gasteiger partial charge in [-0.3, -0.25) is 9.69 Å². The van der Waals surface area contributed by atoms with Crippen molar-refractivity contribution in [3.63, 3.8) is 0 Å². The molecule has 0 saturated carbocycles. The zero-order valence-electron chi connectivity index (χ0n) is 21.6. The Morgan fingerprint density at radius 1 is 1.17 bits per heavy atom. The van der Waals surface area contributed by atoms with Crippen molar-refractivity contribution in [3.8, 4) is 11.5 Å². The van der Waals surface area contributed by atoms with E-state index in [1.54, 1.807) is 17.0 Å². The van der Waals surface area contributed by atoms with Crippen molar-refractivity contribution in [1.82, 2.24) is 29.6 Å². The number of carbonyl (C=O) groups is 2. The number of hydrogen-bond acceptors (Lipinski definition) is 7. The third-order valence-corrected chi connectivity index (χ3v) is 6.54. The van der Waals surface area contributed by atoms with E-state index in [4.69, 9.17) is 9.97 Å². The topological polar surface area (TPSA) is 121 Å². The molecule has 4 heterocycles. The lowest BCUT2D eigenvalue weighted by Crippen LogP contribution is -2.29. The molecule has 0 spiro atoms. The van der Waals surface area contributed by atoms with Crippen LogP contribution in [0.15, 0.2) is 24.3 Å². The predicted octanol–water partition coefficient (Wildman–Crippen LogP) is 3.43. The summed E-state index contributed by atoms with van der Waals surface area (Å²) in [5, 5.41) is 18.0. The summed E-state index contributed by atoms with van der Waals surface area (Å²) in [5.41, 5.74) is 2.42. The van der Waals surface area contributed by atoms with Gasteiger partial charge in [0.1, 0.15) is 23.2 Å². The third-order valence-electron chi connectivity index (χ3n) is 6.54. The van der Waals surface area contributed by atoms with E-state index in [9.17, 15) is 14.7 Å². The number of carboxylic acid groups (broad SMARTS) is 1. The second-order valence-electron chi connectivity index (χ2n) is 9.11. The Morgan fingerprint density at radius 3 is 2.56 bits per heavy atom. The van der Waals surface area contributed by atoms with Gasteiger partial charge in [-0.2, -0.15) is 0 Å².